The predicted molar refractivity (Wildman–Crippen MR) is 51.5 cm³/mol. The van der Waals surface area contributed by atoms with Gasteiger partial charge in [-0.25, -0.2) is 0 Å². The van der Waals surface area contributed by atoms with E-state index >= 15 is 0 Å². The molecule has 1 fully saturated rings. The molecule has 1 N–H and O–H groups in total. The molecule has 2 heterocycles. The third kappa shape index (κ3) is 2.06. The maximum atomic E-state index is 11.2. The van der Waals surface area contributed by atoms with Gasteiger partial charge in [-0.1, -0.05) is 0 Å². The third-order valence-corrected chi connectivity index (χ3v) is 3.22. The highest BCUT2D eigenvalue weighted by Gasteiger charge is 2.21. The van der Waals surface area contributed by atoms with Gasteiger partial charge in [-0.3, -0.25) is 4.79 Å². The van der Waals surface area contributed by atoms with Crippen molar-refractivity contribution in [1.82, 2.24) is 5.32 Å². The second-order valence-electron chi connectivity index (χ2n) is 2.93. The maximum absolute atomic E-state index is 11.2. The first-order chi connectivity index (χ1) is 6.36. The summed E-state index contributed by atoms with van der Waals surface area (Å²) in [4.78, 5) is 11.2. The number of carbonyl (C=O) groups excluding carboxylic acids is 1. The summed E-state index contributed by atoms with van der Waals surface area (Å²) in [5, 5.41) is 3.03. The van der Waals surface area contributed by atoms with Gasteiger partial charge in [0.25, 0.3) is 0 Å². The molecule has 1 aliphatic heterocycles. The van der Waals surface area contributed by atoms with Crippen molar-refractivity contribution in [3.8, 4) is 0 Å². The largest absolute Gasteiger partial charge is 0.468 e. The fourth-order valence-electron chi connectivity index (χ4n) is 1.35. The summed E-state index contributed by atoms with van der Waals surface area (Å²) in [7, 11) is 0. The quantitative estimate of drug-likeness (QED) is 0.743. The van der Waals surface area contributed by atoms with Crippen molar-refractivity contribution in [1.29, 1.82) is 0 Å². The number of amides is 1. The van der Waals surface area contributed by atoms with Crippen molar-refractivity contribution in [2.75, 3.05) is 12.3 Å². The average molecular weight is 197 g/mol. The van der Waals surface area contributed by atoms with Crippen LogP contribution in [-0.4, -0.2) is 18.2 Å². The Morgan fingerprint density at radius 2 is 2.54 bits per heavy atom. The van der Waals surface area contributed by atoms with Crippen molar-refractivity contribution in [3.63, 3.8) is 0 Å². The molecule has 1 aromatic rings. The minimum absolute atomic E-state index is 0.117. The lowest BCUT2D eigenvalue weighted by atomic mass is 10.2. The molecule has 1 aromatic heterocycles. The molecule has 1 aliphatic rings. The molecular weight excluding hydrogens is 186 g/mol. The Balaban J connectivity index is 2.09. The summed E-state index contributed by atoms with van der Waals surface area (Å²) in [6, 6.07) is 3.79. The second kappa shape index (κ2) is 3.87. The Kier molecular flexibility index (Phi) is 2.59. The van der Waals surface area contributed by atoms with Crippen LogP contribution in [0.15, 0.2) is 22.8 Å². The summed E-state index contributed by atoms with van der Waals surface area (Å²) in [5.41, 5.74) is 0. The van der Waals surface area contributed by atoms with Crippen LogP contribution < -0.4 is 5.32 Å². The predicted octanol–water partition coefficient (Wildman–Crippen LogP) is 1.57. The average Bonchev–Trinajstić information content (AvgIpc) is 2.56. The molecule has 3 nitrogen and oxygen atoms in total. The zero-order valence-electron chi connectivity index (χ0n) is 7.16. The van der Waals surface area contributed by atoms with E-state index in [2.05, 4.69) is 5.32 Å². The Hall–Kier alpha value is -0.900. The first-order valence-corrected chi connectivity index (χ1v) is 5.33. The fraction of sp³-hybridized carbons (Fsp3) is 0.444. The van der Waals surface area contributed by atoms with Crippen molar-refractivity contribution in [2.24, 2.45) is 0 Å². The zero-order chi connectivity index (χ0) is 9.10. The Bertz CT molecular complexity index is 284. The van der Waals surface area contributed by atoms with Gasteiger partial charge in [0.15, 0.2) is 0 Å². The number of furan rings is 1. The van der Waals surface area contributed by atoms with Crippen molar-refractivity contribution in [3.05, 3.63) is 24.2 Å². The van der Waals surface area contributed by atoms with E-state index in [0.29, 0.717) is 6.42 Å². The van der Waals surface area contributed by atoms with Crippen molar-refractivity contribution in [2.45, 2.75) is 11.7 Å². The molecule has 0 spiro atoms. The molecule has 0 saturated carbocycles. The number of hydrogen-bond acceptors (Lipinski definition) is 3. The fourth-order valence-corrected chi connectivity index (χ4v) is 2.42. The summed E-state index contributed by atoms with van der Waals surface area (Å²) in [5.74, 6) is 1.98. The highest BCUT2D eigenvalue weighted by molar-refractivity contribution is 7.99. The van der Waals surface area contributed by atoms with Crippen LogP contribution in [0, 0.1) is 0 Å². The molecule has 1 atom stereocenters. The van der Waals surface area contributed by atoms with Gasteiger partial charge in [0.05, 0.1) is 11.5 Å². The maximum Gasteiger partial charge on any atom is 0.221 e. The number of hydrogen-bond donors (Lipinski definition) is 1. The van der Waals surface area contributed by atoms with Crippen molar-refractivity contribution >= 4 is 17.7 Å². The topological polar surface area (TPSA) is 42.2 Å². The molecular formula is C9H11NO2S. The van der Waals surface area contributed by atoms with E-state index < -0.39 is 0 Å². The number of thioether (sulfide) groups is 1. The van der Waals surface area contributed by atoms with E-state index in [4.69, 9.17) is 4.42 Å². The first-order valence-electron chi connectivity index (χ1n) is 4.28. The zero-order valence-corrected chi connectivity index (χ0v) is 7.97. The minimum Gasteiger partial charge on any atom is -0.468 e. The van der Waals surface area contributed by atoms with Gasteiger partial charge >= 0.3 is 0 Å². The van der Waals surface area contributed by atoms with Crippen LogP contribution in [0.2, 0.25) is 0 Å². The van der Waals surface area contributed by atoms with Gasteiger partial charge in [0, 0.05) is 18.7 Å². The highest BCUT2D eigenvalue weighted by Crippen LogP contribution is 2.33. The Morgan fingerprint density at radius 1 is 1.62 bits per heavy atom. The van der Waals surface area contributed by atoms with E-state index in [1.165, 1.54) is 0 Å². The Morgan fingerprint density at radius 3 is 3.31 bits per heavy atom. The molecule has 0 radical (unpaired) electrons. The van der Waals surface area contributed by atoms with E-state index in [0.717, 1.165) is 18.1 Å². The van der Waals surface area contributed by atoms with Crippen LogP contribution in [-0.2, 0) is 4.79 Å². The lowest BCUT2D eigenvalue weighted by molar-refractivity contribution is -0.120. The lowest BCUT2D eigenvalue weighted by Crippen LogP contribution is -2.23. The normalized spacial score (nSPS) is 23.7. The van der Waals surface area contributed by atoms with Crippen LogP contribution in [0.4, 0.5) is 0 Å². The minimum atomic E-state index is 0.117. The van der Waals surface area contributed by atoms with Gasteiger partial charge in [-0.2, -0.15) is 0 Å². The molecule has 0 aliphatic carbocycles. The van der Waals surface area contributed by atoms with Crippen LogP contribution in [0.5, 0.6) is 0 Å². The van der Waals surface area contributed by atoms with E-state index in [9.17, 15) is 4.79 Å². The summed E-state index contributed by atoms with van der Waals surface area (Å²) in [6.45, 7) is 0.765. The van der Waals surface area contributed by atoms with Crippen LogP contribution in [0.3, 0.4) is 0 Å². The highest BCUT2D eigenvalue weighted by atomic mass is 32.2. The molecule has 1 amide bonds. The van der Waals surface area contributed by atoms with E-state index in [1.807, 2.05) is 12.1 Å². The van der Waals surface area contributed by atoms with E-state index in [-0.39, 0.29) is 11.2 Å². The molecule has 2 rings (SSSR count). The Labute approximate surface area is 80.9 Å². The molecule has 13 heavy (non-hydrogen) atoms. The molecule has 0 aromatic carbocycles. The van der Waals surface area contributed by atoms with Gasteiger partial charge in [-0.15, -0.1) is 11.8 Å². The SMILES string of the molecule is O=C1CC(c2ccco2)SCCN1. The third-order valence-electron chi connectivity index (χ3n) is 1.97. The smallest absolute Gasteiger partial charge is 0.221 e. The number of nitrogens with one attached hydrogen (secondary N) is 1. The van der Waals surface area contributed by atoms with Gasteiger partial charge in [0.2, 0.25) is 5.91 Å². The summed E-state index contributed by atoms with van der Waals surface area (Å²) in [6.07, 6.45) is 2.18. The molecule has 1 saturated heterocycles. The molecule has 4 heteroatoms. The monoisotopic (exact) mass is 197 g/mol. The standard InChI is InChI=1S/C9H11NO2S/c11-9-6-8(13-5-3-10-9)7-2-1-4-12-7/h1-2,4,8H,3,5-6H2,(H,10,11). The molecule has 70 valence electrons. The van der Waals surface area contributed by atoms with Crippen molar-refractivity contribution < 1.29 is 9.21 Å². The molecule has 0 bridgehead atoms. The van der Waals surface area contributed by atoms with Crippen LogP contribution in [0.1, 0.15) is 17.4 Å². The van der Waals surface area contributed by atoms with Gasteiger partial charge in [-0.05, 0) is 12.1 Å². The number of rotatable bonds is 1. The molecule has 1 unspecified atom stereocenters. The first kappa shape index (κ1) is 8.69. The summed E-state index contributed by atoms with van der Waals surface area (Å²) >= 11 is 1.77. The summed E-state index contributed by atoms with van der Waals surface area (Å²) < 4.78 is 5.28. The van der Waals surface area contributed by atoms with Gasteiger partial charge < -0.3 is 9.73 Å². The van der Waals surface area contributed by atoms with Gasteiger partial charge in [0.1, 0.15) is 5.76 Å². The van der Waals surface area contributed by atoms with Crippen LogP contribution >= 0.6 is 11.8 Å². The lowest BCUT2D eigenvalue weighted by Gasteiger charge is -2.07. The van der Waals surface area contributed by atoms with Crippen LogP contribution in [0.25, 0.3) is 0 Å². The number of carbonyl (C=O) groups is 1. The second-order valence-corrected chi connectivity index (χ2v) is 4.24. The van der Waals surface area contributed by atoms with E-state index in [1.54, 1.807) is 18.0 Å².